The summed E-state index contributed by atoms with van der Waals surface area (Å²) in [5.41, 5.74) is 1.64. The van der Waals surface area contributed by atoms with Crippen LogP contribution in [0.1, 0.15) is 27.6 Å². The van der Waals surface area contributed by atoms with Gasteiger partial charge in [0.2, 0.25) is 0 Å². The molecule has 3 aromatic rings. The Hall–Kier alpha value is -3.48. The first-order valence-electron chi connectivity index (χ1n) is 9.57. The largest absolute Gasteiger partial charge is 0.335 e. The van der Waals surface area contributed by atoms with Crippen LogP contribution in [0.25, 0.3) is 11.0 Å². The second-order valence-corrected chi connectivity index (χ2v) is 7.32. The SMILES string of the molecule is C[C@@H]1CN(C(=O)c2ccccc2)CCN1C(=O)C(=O)c1cn(C)c2ncccc12. The zero-order valence-corrected chi connectivity index (χ0v) is 16.4. The van der Waals surface area contributed by atoms with Crippen LogP contribution in [0.2, 0.25) is 0 Å². The number of rotatable bonds is 3. The smallest absolute Gasteiger partial charge is 0.295 e. The van der Waals surface area contributed by atoms with E-state index in [0.717, 1.165) is 0 Å². The van der Waals surface area contributed by atoms with Crippen molar-refractivity contribution in [1.29, 1.82) is 0 Å². The zero-order chi connectivity index (χ0) is 20.5. The molecule has 2 amide bonds. The highest BCUT2D eigenvalue weighted by Crippen LogP contribution is 2.21. The van der Waals surface area contributed by atoms with Crippen molar-refractivity contribution >= 4 is 28.6 Å². The van der Waals surface area contributed by atoms with Crippen molar-refractivity contribution in [3.63, 3.8) is 0 Å². The van der Waals surface area contributed by atoms with Crippen molar-refractivity contribution in [3.05, 3.63) is 66.0 Å². The third-order valence-electron chi connectivity index (χ3n) is 5.37. The van der Waals surface area contributed by atoms with Gasteiger partial charge in [-0.25, -0.2) is 4.98 Å². The Morgan fingerprint density at radius 3 is 2.52 bits per heavy atom. The molecular weight excluding hydrogens is 368 g/mol. The molecule has 1 fully saturated rings. The molecule has 1 aliphatic heterocycles. The molecule has 0 saturated carbocycles. The first kappa shape index (κ1) is 18.9. The van der Waals surface area contributed by atoms with Crippen molar-refractivity contribution in [1.82, 2.24) is 19.4 Å². The van der Waals surface area contributed by atoms with Crippen LogP contribution < -0.4 is 0 Å². The normalized spacial score (nSPS) is 16.8. The fraction of sp³-hybridized carbons (Fsp3) is 0.273. The molecule has 3 heterocycles. The number of aryl methyl sites for hydroxylation is 1. The molecule has 0 N–H and O–H groups in total. The summed E-state index contributed by atoms with van der Waals surface area (Å²) in [6.07, 6.45) is 3.31. The average molecular weight is 390 g/mol. The maximum absolute atomic E-state index is 13.0. The lowest BCUT2D eigenvalue weighted by Gasteiger charge is -2.39. The maximum atomic E-state index is 13.0. The number of nitrogens with zero attached hydrogens (tertiary/aromatic N) is 4. The topological polar surface area (TPSA) is 75.5 Å². The summed E-state index contributed by atoms with van der Waals surface area (Å²) >= 11 is 0. The third-order valence-corrected chi connectivity index (χ3v) is 5.37. The molecule has 1 aliphatic rings. The molecule has 1 atom stereocenters. The molecular formula is C22H22N4O3. The number of hydrogen-bond acceptors (Lipinski definition) is 4. The van der Waals surface area contributed by atoms with Gasteiger partial charge >= 0.3 is 0 Å². The molecule has 1 aromatic carbocycles. The Labute approximate surface area is 168 Å². The third kappa shape index (κ3) is 3.40. The summed E-state index contributed by atoms with van der Waals surface area (Å²) in [4.78, 5) is 46.1. The number of aromatic nitrogens is 2. The highest BCUT2D eigenvalue weighted by atomic mass is 16.2. The predicted molar refractivity (Wildman–Crippen MR) is 109 cm³/mol. The molecule has 7 nitrogen and oxygen atoms in total. The van der Waals surface area contributed by atoms with E-state index in [1.807, 2.05) is 25.1 Å². The summed E-state index contributed by atoms with van der Waals surface area (Å²) in [7, 11) is 1.80. The fourth-order valence-electron chi connectivity index (χ4n) is 3.85. The Bertz CT molecular complexity index is 1090. The van der Waals surface area contributed by atoms with Crippen LogP contribution in [0.3, 0.4) is 0 Å². The van der Waals surface area contributed by atoms with Gasteiger partial charge in [-0.1, -0.05) is 18.2 Å². The second kappa shape index (κ2) is 7.50. The van der Waals surface area contributed by atoms with Crippen LogP contribution in [-0.2, 0) is 11.8 Å². The van der Waals surface area contributed by atoms with Crippen LogP contribution in [0.4, 0.5) is 0 Å². The van der Waals surface area contributed by atoms with Crippen LogP contribution in [-0.4, -0.2) is 62.6 Å². The van der Waals surface area contributed by atoms with Crippen LogP contribution in [0, 0.1) is 0 Å². The zero-order valence-electron chi connectivity index (χ0n) is 16.4. The number of hydrogen-bond donors (Lipinski definition) is 0. The number of carbonyl (C=O) groups is 3. The number of Topliss-reactive ketones (excluding diaryl/α,β-unsaturated/α-hetero) is 1. The average Bonchev–Trinajstić information content (AvgIpc) is 3.09. The highest BCUT2D eigenvalue weighted by Gasteiger charge is 2.34. The van der Waals surface area contributed by atoms with Crippen molar-refractivity contribution < 1.29 is 14.4 Å². The molecule has 0 radical (unpaired) electrons. The van der Waals surface area contributed by atoms with Crippen molar-refractivity contribution in [2.45, 2.75) is 13.0 Å². The van der Waals surface area contributed by atoms with Crippen molar-refractivity contribution in [3.8, 4) is 0 Å². The van der Waals surface area contributed by atoms with Gasteiger partial charge in [-0.15, -0.1) is 0 Å². The minimum Gasteiger partial charge on any atom is -0.335 e. The Kier molecular flexibility index (Phi) is 4.88. The van der Waals surface area contributed by atoms with Gasteiger partial charge in [-0.3, -0.25) is 14.4 Å². The second-order valence-electron chi connectivity index (χ2n) is 7.32. The summed E-state index contributed by atoms with van der Waals surface area (Å²) < 4.78 is 1.75. The first-order chi connectivity index (χ1) is 14.0. The predicted octanol–water partition coefficient (Wildman–Crippen LogP) is 2.13. The quantitative estimate of drug-likeness (QED) is 0.507. The van der Waals surface area contributed by atoms with Gasteiger partial charge in [0, 0.05) is 56.1 Å². The number of fused-ring (bicyclic) bond motifs is 1. The number of benzene rings is 1. The molecule has 1 saturated heterocycles. The summed E-state index contributed by atoms with van der Waals surface area (Å²) in [6, 6.07) is 12.4. The Balaban J connectivity index is 1.50. The summed E-state index contributed by atoms with van der Waals surface area (Å²) in [5, 5.41) is 0.666. The van der Waals surface area contributed by atoms with Gasteiger partial charge in [0.05, 0.1) is 5.56 Å². The van der Waals surface area contributed by atoms with E-state index < -0.39 is 11.7 Å². The number of carbonyl (C=O) groups excluding carboxylic acids is 3. The molecule has 7 heteroatoms. The molecule has 29 heavy (non-hydrogen) atoms. The van der Waals surface area contributed by atoms with Gasteiger partial charge < -0.3 is 14.4 Å². The van der Waals surface area contributed by atoms with E-state index in [0.29, 0.717) is 41.8 Å². The molecule has 148 valence electrons. The van der Waals surface area contributed by atoms with Gasteiger partial charge in [-0.05, 0) is 31.2 Å². The first-order valence-corrected chi connectivity index (χ1v) is 9.57. The summed E-state index contributed by atoms with van der Waals surface area (Å²) in [6.45, 7) is 2.98. The van der Waals surface area contributed by atoms with E-state index >= 15 is 0 Å². The minimum atomic E-state index is -0.543. The lowest BCUT2D eigenvalue weighted by atomic mass is 10.1. The molecule has 0 aliphatic carbocycles. The number of pyridine rings is 1. The lowest BCUT2D eigenvalue weighted by molar-refractivity contribution is -0.130. The van der Waals surface area contributed by atoms with Crippen molar-refractivity contribution in [2.75, 3.05) is 19.6 Å². The molecule has 2 aromatic heterocycles. The molecule has 4 rings (SSSR count). The number of piperazine rings is 1. The minimum absolute atomic E-state index is 0.0593. The van der Waals surface area contributed by atoms with Gasteiger partial charge in [0.1, 0.15) is 5.65 Å². The van der Waals surface area contributed by atoms with Gasteiger partial charge in [0.15, 0.2) is 0 Å². The molecule has 0 spiro atoms. The van der Waals surface area contributed by atoms with Gasteiger partial charge in [0.25, 0.3) is 17.6 Å². The number of ketones is 1. The lowest BCUT2D eigenvalue weighted by Crippen LogP contribution is -2.56. The van der Waals surface area contributed by atoms with E-state index in [1.54, 1.807) is 58.1 Å². The fourth-order valence-corrected chi connectivity index (χ4v) is 3.85. The van der Waals surface area contributed by atoms with E-state index in [1.165, 1.54) is 0 Å². The van der Waals surface area contributed by atoms with E-state index in [9.17, 15) is 14.4 Å². The van der Waals surface area contributed by atoms with Crippen LogP contribution >= 0.6 is 0 Å². The van der Waals surface area contributed by atoms with Crippen molar-refractivity contribution in [2.24, 2.45) is 7.05 Å². The van der Waals surface area contributed by atoms with E-state index in [-0.39, 0.29) is 11.9 Å². The van der Waals surface area contributed by atoms with E-state index in [2.05, 4.69) is 4.98 Å². The highest BCUT2D eigenvalue weighted by molar-refractivity contribution is 6.44. The van der Waals surface area contributed by atoms with Gasteiger partial charge in [-0.2, -0.15) is 0 Å². The van der Waals surface area contributed by atoms with Crippen LogP contribution in [0.5, 0.6) is 0 Å². The van der Waals surface area contributed by atoms with E-state index in [4.69, 9.17) is 0 Å². The Morgan fingerprint density at radius 2 is 1.79 bits per heavy atom. The maximum Gasteiger partial charge on any atom is 0.295 e. The monoisotopic (exact) mass is 390 g/mol. The summed E-state index contributed by atoms with van der Waals surface area (Å²) in [5.74, 6) is -1.14. The molecule has 0 unspecified atom stereocenters. The molecule has 0 bridgehead atoms. The van der Waals surface area contributed by atoms with Crippen LogP contribution in [0.15, 0.2) is 54.9 Å². The number of amides is 2. The standard InChI is InChI=1S/C22H22N4O3/c1-15-13-25(21(28)16-7-4-3-5-8-16)11-12-26(15)22(29)19(27)18-14-24(2)20-17(18)9-6-10-23-20/h3-10,14-15H,11-13H2,1-2H3/t15-/m1/s1. The Morgan fingerprint density at radius 1 is 1.03 bits per heavy atom.